The predicted molar refractivity (Wildman–Crippen MR) is 147 cm³/mol. The number of benzene rings is 1. The molecule has 12 heteroatoms. The van der Waals surface area contributed by atoms with E-state index >= 15 is 0 Å². The molecule has 226 valence electrons. The van der Waals surface area contributed by atoms with E-state index in [0.717, 1.165) is 0 Å². The van der Waals surface area contributed by atoms with Crippen molar-refractivity contribution in [2.75, 3.05) is 26.0 Å². The first-order valence-corrected chi connectivity index (χ1v) is 13.8. The summed E-state index contributed by atoms with van der Waals surface area (Å²) in [5.74, 6) is -10.1. The molecule has 1 aromatic carbocycles. The maximum atomic E-state index is 14.2. The van der Waals surface area contributed by atoms with Crippen LogP contribution in [0.3, 0.4) is 0 Å². The third-order valence-electron chi connectivity index (χ3n) is 10.3. The molecule has 2 fully saturated rings. The number of aliphatic hydroxyl groups excluding tert-OH is 3. The number of rotatable bonds is 5. The first kappa shape index (κ1) is 31.0. The molecule has 0 saturated heterocycles. The highest BCUT2D eigenvalue weighted by atomic mass is 16.4. The number of ketones is 2. The molecule has 41 heavy (non-hydrogen) atoms. The lowest BCUT2D eigenvalue weighted by atomic mass is 9.36. The Balaban J connectivity index is 2.00. The van der Waals surface area contributed by atoms with Crippen LogP contribution in [0.4, 0.5) is 5.69 Å². The van der Waals surface area contributed by atoms with Crippen molar-refractivity contribution in [3.63, 3.8) is 0 Å². The summed E-state index contributed by atoms with van der Waals surface area (Å²) in [6.07, 6.45) is -5.52. The number of carbonyl (C=O) groups is 4. The topological polar surface area (TPSA) is 211 Å². The number of hydrogen-bond acceptors (Lipinski definition) is 10. The lowest BCUT2D eigenvalue weighted by Crippen LogP contribution is -2.83. The van der Waals surface area contributed by atoms with Gasteiger partial charge in [-0.3, -0.25) is 19.2 Å². The van der Waals surface area contributed by atoms with E-state index in [4.69, 9.17) is 5.73 Å². The molecule has 12 nitrogen and oxygen atoms in total. The number of fused-ring (bicyclic) bond motifs is 3. The van der Waals surface area contributed by atoms with E-state index in [0.29, 0.717) is 0 Å². The zero-order chi connectivity index (χ0) is 31.1. The van der Waals surface area contributed by atoms with Crippen molar-refractivity contribution < 1.29 is 44.7 Å². The van der Waals surface area contributed by atoms with Gasteiger partial charge in [0.15, 0.2) is 17.2 Å². The number of aromatic hydroxyl groups is 1. The van der Waals surface area contributed by atoms with Gasteiger partial charge in [-0.05, 0) is 49.5 Å². The van der Waals surface area contributed by atoms with Gasteiger partial charge in [-0.1, -0.05) is 34.6 Å². The number of nitrogens with one attached hydrogen (secondary N) is 1. The zero-order valence-electron chi connectivity index (χ0n) is 24.4. The van der Waals surface area contributed by atoms with Crippen LogP contribution in [0.2, 0.25) is 0 Å². The monoisotopic (exact) mass is 575 g/mol. The molecular weight excluding hydrogens is 534 g/mol. The number of anilines is 1. The maximum absolute atomic E-state index is 14.2. The second-order valence-corrected chi connectivity index (χ2v) is 13.0. The van der Waals surface area contributed by atoms with Crippen LogP contribution in [0.25, 0.3) is 0 Å². The number of nitrogens with two attached hydrogens (primary N) is 1. The molecule has 2 amide bonds. The smallest absolute Gasteiger partial charge is 0.238 e. The maximum Gasteiger partial charge on any atom is 0.238 e. The van der Waals surface area contributed by atoms with Crippen molar-refractivity contribution in [3.05, 3.63) is 23.3 Å². The molecule has 1 aromatic rings. The summed E-state index contributed by atoms with van der Waals surface area (Å²) in [6.45, 7) is 7.98. The van der Waals surface area contributed by atoms with Crippen molar-refractivity contribution >= 4 is 29.1 Å². The number of aliphatic hydroxyl groups is 4. The largest absolute Gasteiger partial charge is 0.507 e. The highest BCUT2D eigenvalue weighted by Gasteiger charge is 2.80. The van der Waals surface area contributed by atoms with E-state index in [2.05, 4.69) is 5.32 Å². The molecule has 10 atom stereocenters. The lowest BCUT2D eigenvalue weighted by Gasteiger charge is -2.69. The van der Waals surface area contributed by atoms with Crippen LogP contribution < -0.4 is 11.1 Å². The number of primary amides is 1. The molecule has 2 unspecified atom stereocenters. The number of nitrogens with zero attached hydrogens (tertiary/aromatic N) is 1. The van der Waals surface area contributed by atoms with Gasteiger partial charge in [-0.15, -0.1) is 0 Å². The van der Waals surface area contributed by atoms with Gasteiger partial charge in [-0.2, -0.15) is 0 Å². The lowest BCUT2D eigenvalue weighted by molar-refractivity contribution is -0.306. The SMILES string of the molecule is CC(C)[C@H]1C(O)[C@@H](C(N)=O)C(=O)[C@]2(O)C(O)[C@H]3C(=O)c4c(O)ccc(NC(=O)CN(C)C)c4[C@@H](C)[C@]3(C)[C@@H](O)[C@]12C. The minimum atomic E-state index is -2.86. The van der Waals surface area contributed by atoms with Crippen molar-refractivity contribution in [1.29, 1.82) is 0 Å². The second kappa shape index (κ2) is 9.84. The van der Waals surface area contributed by atoms with Crippen LogP contribution in [0.1, 0.15) is 56.5 Å². The molecule has 0 spiro atoms. The first-order valence-electron chi connectivity index (χ1n) is 13.8. The average Bonchev–Trinajstić information content (AvgIpc) is 2.84. The van der Waals surface area contributed by atoms with Crippen molar-refractivity contribution in [2.45, 2.75) is 64.4 Å². The minimum absolute atomic E-state index is 0.0292. The van der Waals surface area contributed by atoms with Crippen LogP contribution in [-0.2, 0) is 14.4 Å². The molecule has 0 aromatic heterocycles. The number of carbonyl (C=O) groups excluding carboxylic acids is 4. The molecule has 0 heterocycles. The standard InChI is InChI=1S/C29H41N3O9/c1-11(2)19-22(36)18(25(30)39)23(37)29(41)24(38)20-21(35)17-14(33)9-8-13(31-15(34)10-32(6)7)16(17)12(3)27(20,4)26(40)28(19,29)5/h8-9,11-12,18-20,22,24,26,33,36,38,40-41H,10H2,1-7H3,(H2,30,39)(H,31,34)/t12-,18-,19+,20-,22?,24?,26-,27+,28+,29+/m1/s1. The number of amides is 2. The van der Waals surface area contributed by atoms with Gasteiger partial charge in [0, 0.05) is 16.5 Å². The molecule has 3 aliphatic rings. The molecule has 0 bridgehead atoms. The number of phenols is 1. The quantitative estimate of drug-likeness (QED) is 0.178. The molecule has 4 rings (SSSR count). The fourth-order valence-corrected chi connectivity index (χ4v) is 8.41. The summed E-state index contributed by atoms with van der Waals surface area (Å²) in [4.78, 5) is 54.7. The van der Waals surface area contributed by atoms with Crippen LogP contribution in [-0.4, -0.2) is 98.4 Å². The highest BCUT2D eigenvalue weighted by molar-refractivity contribution is 6.10. The molecule has 3 aliphatic carbocycles. The van der Waals surface area contributed by atoms with Gasteiger partial charge in [0.1, 0.15) is 17.8 Å². The summed E-state index contributed by atoms with van der Waals surface area (Å²) < 4.78 is 0. The van der Waals surface area contributed by atoms with Crippen LogP contribution in [0.5, 0.6) is 5.75 Å². The number of Topliss-reactive ketones (excluding diaryl/α,β-unsaturated/α-hetero) is 2. The summed E-state index contributed by atoms with van der Waals surface area (Å²) in [6, 6.07) is 2.67. The summed E-state index contributed by atoms with van der Waals surface area (Å²) in [7, 11) is 3.41. The Morgan fingerprint density at radius 1 is 1.12 bits per heavy atom. The van der Waals surface area contributed by atoms with Gasteiger partial charge in [-0.25, -0.2) is 0 Å². The fraction of sp³-hybridized carbons (Fsp3) is 0.655. The molecule has 8 N–H and O–H groups in total. The van der Waals surface area contributed by atoms with E-state index in [9.17, 15) is 44.7 Å². The Hall–Kier alpha value is -2.90. The third-order valence-corrected chi connectivity index (χ3v) is 10.3. The van der Waals surface area contributed by atoms with E-state index < -0.39 is 93.5 Å². The number of phenolic OH excluding ortho intramolecular Hbond substituents is 1. The van der Waals surface area contributed by atoms with E-state index in [1.54, 1.807) is 46.7 Å². The zero-order valence-corrected chi connectivity index (χ0v) is 24.4. The highest BCUT2D eigenvalue weighted by Crippen LogP contribution is 2.68. The van der Waals surface area contributed by atoms with Crippen molar-refractivity contribution in [1.82, 2.24) is 4.90 Å². The summed E-state index contributed by atoms with van der Waals surface area (Å²) in [5, 5.41) is 61.3. The Morgan fingerprint density at radius 3 is 2.22 bits per heavy atom. The van der Waals surface area contributed by atoms with E-state index in [1.807, 2.05) is 0 Å². The number of hydrogen-bond donors (Lipinski definition) is 7. The normalized spacial score (nSPS) is 40.2. The average molecular weight is 576 g/mol. The van der Waals surface area contributed by atoms with E-state index in [1.165, 1.54) is 19.1 Å². The number of likely N-dealkylation sites (N-methyl/N-ethyl adjacent to an activating group) is 1. The Morgan fingerprint density at radius 2 is 1.71 bits per heavy atom. The predicted octanol–water partition coefficient (Wildman–Crippen LogP) is -0.395. The molecule has 0 aliphatic heterocycles. The Labute approximate surface area is 238 Å². The van der Waals surface area contributed by atoms with Gasteiger partial charge < -0.3 is 41.5 Å². The second-order valence-electron chi connectivity index (χ2n) is 13.0. The van der Waals surface area contributed by atoms with Crippen LogP contribution in [0.15, 0.2) is 12.1 Å². The summed E-state index contributed by atoms with van der Waals surface area (Å²) >= 11 is 0. The van der Waals surface area contributed by atoms with Gasteiger partial charge >= 0.3 is 0 Å². The molecule has 0 radical (unpaired) electrons. The van der Waals surface area contributed by atoms with Crippen molar-refractivity contribution in [2.24, 2.45) is 40.2 Å². The van der Waals surface area contributed by atoms with Crippen LogP contribution in [0, 0.1) is 34.5 Å². The minimum Gasteiger partial charge on any atom is -0.507 e. The van der Waals surface area contributed by atoms with Gasteiger partial charge in [0.05, 0.1) is 30.2 Å². The van der Waals surface area contributed by atoms with Crippen LogP contribution >= 0.6 is 0 Å². The Bertz CT molecular complexity index is 1310. The fourth-order valence-electron chi connectivity index (χ4n) is 8.41. The molecular formula is C29H41N3O9. The van der Waals surface area contributed by atoms with Gasteiger partial charge in [0.2, 0.25) is 11.8 Å². The molecule has 2 saturated carbocycles. The first-order chi connectivity index (χ1) is 18.8. The summed E-state index contributed by atoms with van der Waals surface area (Å²) in [5.41, 5.74) is -0.656. The van der Waals surface area contributed by atoms with E-state index in [-0.39, 0.29) is 23.4 Å². The van der Waals surface area contributed by atoms with Crippen molar-refractivity contribution in [3.8, 4) is 5.75 Å². The van der Waals surface area contributed by atoms with Gasteiger partial charge in [0.25, 0.3) is 0 Å². The third kappa shape index (κ3) is 3.84. The Kier molecular flexibility index (Phi) is 7.45.